The number of hydrogen-bond acceptors (Lipinski definition) is 1. The number of hydrogen-bond donors (Lipinski definition) is 1. The van der Waals surface area contributed by atoms with Crippen molar-refractivity contribution < 1.29 is 5.11 Å². The van der Waals surface area contributed by atoms with Crippen LogP contribution in [-0.2, 0) is 0 Å². The van der Waals surface area contributed by atoms with Gasteiger partial charge in [-0.05, 0) is 18.6 Å². The zero-order valence-corrected chi connectivity index (χ0v) is 13.1. The molecule has 0 saturated carbocycles. The van der Waals surface area contributed by atoms with Gasteiger partial charge in [0.15, 0.2) is 0 Å². The summed E-state index contributed by atoms with van der Waals surface area (Å²) in [5.74, 6) is 5.79. The number of aliphatic hydroxyl groups is 1. The first-order chi connectivity index (χ1) is 9.74. The second-order valence-electron chi connectivity index (χ2n) is 5.15. The molecule has 0 bridgehead atoms. The normalized spacial score (nSPS) is 13.3. The van der Waals surface area contributed by atoms with Crippen molar-refractivity contribution in [2.45, 2.75) is 63.4 Å². The van der Waals surface area contributed by atoms with E-state index in [9.17, 15) is 5.11 Å². The molecule has 0 fully saturated rings. The lowest BCUT2D eigenvalue weighted by Gasteiger charge is -2.11. The molecule has 1 nitrogen and oxygen atoms in total. The fraction of sp³-hybridized carbons (Fsp3) is 0.556. The highest BCUT2D eigenvalue weighted by atomic mass is 35.5. The molecule has 0 aliphatic rings. The van der Waals surface area contributed by atoms with Crippen LogP contribution in [0.5, 0.6) is 0 Å². The fourth-order valence-corrected chi connectivity index (χ4v) is 2.26. The quantitative estimate of drug-likeness (QED) is 0.416. The first-order valence-corrected chi connectivity index (χ1v) is 8.06. The number of halogens is 1. The van der Waals surface area contributed by atoms with Gasteiger partial charge in [0.2, 0.25) is 0 Å². The summed E-state index contributed by atoms with van der Waals surface area (Å²) in [6.07, 6.45) is 7.51. The van der Waals surface area contributed by atoms with Crippen molar-refractivity contribution in [2.24, 2.45) is 0 Å². The molecule has 0 heterocycles. The van der Waals surface area contributed by atoms with Crippen LogP contribution in [0.4, 0.5) is 0 Å². The SMILES string of the molecule is CCCCCCCC[C@H](Cl)[C@@H](O)C#Cc1ccccc1. The molecule has 0 radical (unpaired) electrons. The molecule has 0 spiro atoms. The largest absolute Gasteiger partial charge is 0.379 e. The number of benzene rings is 1. The van der Waals surface area contributed by atoms with Gasteiger partial charge >= 0.3 is 0 Å². The zero-order chi connectivity index (χ0) is 14.6. The summed E-state index contributed by atoms with van der Waals surface area (Å²) in [4.78, 5) is 0. The molecule has 20 heavy (non-hydrogen) atoms. The predicted octanol–water partition coefficient (Wildman–Crippen LogP) is 4.76. The van der Waals surface area contributed by atoms with Crippen molar-refractivity contribution in [1.29, 1.82) is 0 Å². The van der Waals surface area contributed by atoms with E-state index in [0.29, 0.717) is 0 Å². The second kappa shape index (κ2) is 10.8. The molecule has 1 N–H and O–H groups in total. The molecule has 1 aromatic rings. The Hall–Kier alpha value is -0.970. The van der Waals surface area contributed by atoms with Crippen LogP contribution < -0.4 is 0 Å². The number of aliphatic hydroxyl groups excluding tert-OH is 1. The molecule has 1 aromatic carbocycles. The Balaban J connectivity index is 2.22. The third-order valence-corrected chi connectivity index (χ3v) is 3.77. The van der Waals surface area contributed by atoms with E-state index < -0.39 is 6.10 Å². The van der Waals surface area contributed by atoms with Gasteiger partial charge in [0.05, 0.1) is 5.38 Å². The van der Waals surface area contributed by atoms with Crippen molar-refractivity contribution in [3.63, 3.8) is 0 Å². The van der Waals surface area contributed by atoms with E-state index >= 15 is 0 Å². The van der Waals surface area contributed by atoms with Gasteiger partial charge in [0.1, 0.15) is 6.10 Å². The monoisotopic (exact) mass is 292 g/mol. The van der Waals surface area contributed by atoms with Crippen LogP contribution >= 0.6 is 11.6 Å². The number of alkyl halides is 1. The van der Waals surface area contributed by atoms with Gasteiger partial charge in [-0.15, -0.1) is 11.6 Å². The molecule has 2 heteroatoms. The lowest BCUT2D eigenvalue weighted by molar-refractivity contribution is 0.221. The molecule has 2 atom stereocenters. The Kier molecular flexibility index (Phi) is 9.20. The van der Waals surface area contributed by atoms with Crippen LogP contribution in [0.2, 0.25) is 0 Å². The molecule has 0 amide bonds. The summed E-state index contributed by atoms with van der Waals surface area (Å²) < 4.78 is 0. The van der Waals surface area contributed by atoms with Crippen molar-refractivity contribution in [3.8, 4) is 11.8 Å². The van der Waals surface area contributed by atoms with Gasteiger partial charge in [0, 0.05) is 5.56 Å². The number of rotatable bonds is 8. The minimum atomic E-state index is -0.743. The van der Waals surface area contributed by atoms with Gasteiger partial charge in [-0.3, -0.25) is 0 Å². The Labute approximate surface area is 128 Å². The second-order valence-corrected chi connectivity index (χ2v) is 5.71. The van der Waals surface area contributed by atoms with Crippen LogP contribution in [0.25, 0.3) is 0 Å². The van der Waals surface area contributed by atoms with E-state index in [1.54, 1.807) is 0 Å². The molecule has 0 aliphatic carbocycles. The molecule has 0 aromatic heterocycles. The Bertz CT molecular complexity index is 404. The van der Waals surface area contributed by atoms with E-state index in [2.05, 4.69) is 18.8 Å². The molecule has 110 valence electrons. The van der Waals surface area contributed by atoms with Crippen LogP contribution in [0.1, 0.15) is 57.4 Å². The lowest BCUT2D eigenvalue weighted by atomic mass is 10.1. The maximum Gasteiger partial charge on any atom is 0.131 e. The average Bonchev–Trinajstić information content (AvgIpc) is 2.49. The van der Waals surface area contributed by atoms with Crippen LogP contribution in [0, 0.1) is 11.8 Å². The predicted molar refractivity (Wildman–Crippen MR) is 87.0 cm³/mol. The van der Waals surface area contributed by atoms with E-state index in [0.717, 1.165) is 18.4 Å². The average molecular weight is 293 g/mol. The molecule has 1 rings (SSSR count). The Morgan fingerprint density at radius 1 is 1.05 bits per heavy atom. The van der Waals surface area contributed by atoms with E-state index in [-0.39, 0.29) is 5.38 Å². The van der Waals surface area contributed by atoms with Crippen molar-refractivity contribution >= 4 is 11.6 Å². The van der Waals surface area contributed by atoms with E-state index in [1.165, 1.54) is 32.1 Å². The minimum absolute atomic E-state index is 0.266. The summed E-state index contributed by atoms with van der Waals surface area (Å²) in [6.45, 7) is 2.22. The third kappa shape index (κ3) is 7.58. The van der Waals surface area contributed by atoms with Gasteiger partial charge in [0.25, 0.3) is 0 Å². The molecular formula is C18H25ClO. The summed E-state index contributed by atoms with van der Waals surface area (Å²) in [5, 5.41) is 9.65. The maximum absolute atomic E-state index is 9.91. The molecule has 0 saturated heterocycles. The highest BCUT2D eigenvalue weighted by Gasteiger charge is 2.13. The third-order valence-electron chi connectivity index (χ3n) is 3.31. The summed E-state index contributed by atoms with van der Waals surface area (Å²) in [5.41, 5.74) is 0.912. The maximum atomic E-state index is 9.91. The van der Waals surface area contributed by atoms with E-state index in [1.807, 2.05) is 30.3 Å². The summed E-state index contributed by atoms with van der Waals surface area (Å²) >= 11 is 6.19. The Morgan fingerprint density at radius 2 is 1.70 bits per heavy atom. The van der Waals surface area contributed by atoms with Gasteiger partial charge in [-0.2, -0.15) is 0 Å². The van der Waals surface area contributed by atoms with Crippen molar-refractivity contribution in [3.05, 3.63) is 35.9 Å². The summed E-state index contributed by atoms with van der Waals surface area (Å²) in [6, 6.07) is 9.67. The highest BCUT2D eigenvalue weighted by Crippen LogP contribution is 2.14. The van der Waals surface area contributed by atoms with Gasteiger partial charge in [-0.25, -0.2) is 0 Å². The van der Waals surface area contributed by atoms with Crippen LogP contribution in [0.3, 0.4) is 0 Å². The minimum Gasteiger partial charge on any atom is -0.379 e. The van der Waals surface area contributed by atoms with Crippen molar-refractivity contribution in [2.75, 3.05) is 0 Å². The summed E-state index contributed by atoms with van der Waals surface area (Å²) in [7, 11) is 0. The topological polar surface area (TPSA) is 20.2 Å². The molecule has 0 unspecified atom stereocenters. The zero-order valence-electron chi connectivity index (χ0n) is 12.3. The van der Waals surface area contributed by atoms with Gasteiger partial charge in [-0.1, -0.05) is 75.5 Å². The van der Waals surface area contributed by atoms with Crippen molar-refractivity contribution in [1.82, 2.24) is 0 Å². The lowest BCUT2D eigenvalue weighted by Crippen LogP contribution is -2.18. The fourth-order valence-electron chi connectivity index (χ4n) is 2.05. The van der Waals surface area contributed by atoms with Crippen LogP contribution in [0.15, 0.2) is 30.3 Å². The highest BCUT2D eigenvalue weighted by molar-refractivity contribution is 6.21. The molecule has 0 aliphatic heterocycles. The standard InChI is InChI=1S/C18H25ClO/c1-2-3-4-5-6-10-13-17(19)18(20)15-14-16-11-8-7-9-12-16/h7-9,11-12,17-18,20H,2-6,10,13H2,1H3/t17-,18-/m0/s1. The molecular weight excluding hydrogens is 268 g/mol. The van der Waals surface area contributed by atoms with E-state index in [4.69, 9.17) is 11.6 Å². The number of unbranched alkanes of at least 4 members (excludes halogenated alkanes) is 5. The smallest absolute Gasteiger partial charge is 0.131 e. The Morgan fingerprint density at radius 3 is 2.40 bits per heavy atom. The van der Waals surface area contributed by atoms with Gasteiger partial charge < -0.3 is 5.11 Å². The van der Waals surface area contributed by atoms with Crippen LogP contribution in [-0.4, -0.2) is 16.6 Å². The first kappa shape index (κ1) is 17.1. The first-order valence-electron chi connectivity index (χ1n) is 7.62.